The molecule has 4 heavy (non-hydrogen) atoms. The Morgan fingerprint density at radius 2 is 1.25 bits per heavy atom. The van der Waals surface area contributed by atoms with Crippen molar-refractivity contribution in [1.29, 1.82) is 0 Å². The van der Waals surface area contributed by atoms with Gasteiger partial charge in [0.15, 0.2) is 0 Å². The first-order chi connectivity index (χ1) is 0. The molecule has 0 aromatic heterocycles. The van der Waals surface area contributed by atoms with Crippen molar-refractivity contribution in [2.45, 2.75) is 0 Å². The molecule has 0 amide bonds. The molecule has 0 fully saturated rings. The molecule has 0 bridgehead atoms. The fourth-order valence-corrected chi connectivity index (χ4v) is 0. The van der Waals surface area contributed by atoms with Crippen LogP contribution in [0.1, 0.15) is 2.85 Å². The van der Waals surface area contributed by atoms with Gasteiger partial charge in [0.1, 0.15) is 0 Å². The van der Waals surface area contributed by atoms with Gasteiger partial charge in [-0.15, -0.1) is 0 Å². The molecule has 0 rings (SSSR count). The molecular weight excluding hydrogens is 410 g/mol. The van der Waals surface area contributed by atoms with Crippen molar-refractivity contribution in [3.63, 3.8) is 0 Å². The standard InChI is InChI=1S/Ca.Ce.La.Zr.2H/q+2;;;;2*-1. The summed E-state index contributed by atoms with van der Waals surface area (Å²) >= 11 is 0. The summed E-state index contributed by atoms with van der Waals surface area (Å²) in [6.45, 7) is 0. The molecule has 15 valence electrons. The van der Waals surface area contributed by atoms with Gasteiger partial charge >= 0.3 is 37.7 Å². The van der Waals surface area contributed by atoms with E-state index in [1.807, 2.05) is 0 Å². The summed E-state index contributed by atoms with van der Waals surface area (Å²) in [5, 5.41) is 0. The molecular formula is H2CaCeLaZr. The van der Waals surface area contributed by atoms with Crippen molar-refractivity contribution in [3.8, 4) is 0 Å². The van der Waals surface area contributed by atoms with Crippen LogP contribution in [0.5, 0.6) is 0 Å². The average molecular weight is 412 g/mol. The van der Waals surface area contributed by atoms with Crippen molar-refractivity contribution in [2.75, 3.05) is 0 Å². The molecule has 0 spiro atoms. The van der Waals surface area contributed by atoms with Gasteiger partial charge in [0, 0.05) is 104 Å². The molecule has 0 heterocycles. The zero-order valence-electron chi connectivity index (χ0n) is 4.28. The fourth-order valence-electron chi connectivity index (χ4n) is 0. The summed E-state index contributed by atoms with van der Waals surface area (Å²) in [6.07, 6.45) is 0. The molecule has 0 aromatic rings. The summed E-state index contributed by atoms with van der Waals surface area (Å²) in [6, 6.07) is 0. The van der Waals surface area contributed by atoms with E-state index in [9.17, 15) is 0 Å². The van der Waals surface area contributed by atoms with Crippen molar-refractivity contribution in [1.82, 2.24) is 0 Å². The van der Waals surface area contributed by atoms with E-state index < -0.39 is 0 Å². The SMILES string of the molecule is [Ca+2].[Ce].[H-].[H-].[La].[Zr]. The van der Waals surface area contributed by atoms with Crippen LogP contribution in [0.25, 0.3) is 0 Å². The molecule has 0 unspecified atom stereocenters. The summed E-state index contributed by atoms with van der Waals surface area (Å²) in [4.78, 5) is 0. The van der Waals surface area contributed by atoms with Crippen LogP contribution in [-0.2, 0) is 26.2 Å². The van der Waals surface area contributed by atoms with E-state index in [-0.39, 0.29) is 144 Å². The third-order valence-corrected chi connectivity index (χ3v) is 0. The number of hydrogen-bond donors (Lipinski definition) is 0. The average Bonchev–Trinajstić information content (AvgIpc) is 0. The van der Waals surface area contributed by atoms with Crippen LogP contribution in [0.4, 0.5) is 0 Å². The third-order valence-electron chi connectivity index (χ3n) is 0. The second-order valence-electron chi connectivity index (χ2n) is 0. The Hall–Kier alpha value is 4.71. The molecule has 0 aliphatic carbocycles. The first kappa shape index (κ1) is 23.3. The Labute approximate surface area is 140 Å². The zero-order valence-corrected chi connectivity index (χ0v) is 13.7. The van der Waals surface area contributed by atoms with Gasteiger partial charge in [-0.1, -0.05) is 0 Å². The van der Waals surface area contributed by atoms with Crippen LogP contribution >= 0.6 is 0 Å². The minimum atomic E-state index is 0. The van der Waals surface area contributed by atoms with Crippen LogP contribution in [0.3, 0.4) is 0 Å². The minimum absolute atomic E-state index is 0. The number of hydrogen-bond acceptors (Lipinski definition) is 0. The molecule has 0 aliphatic rings. The Morgan fingerprint density at radius 1 is 1.25 bits per heavy atom. The van der Waals surface area contributed by atoms with Crippen molar-refractivity contribution < 1.29 is 106 Å². The Kier molecular flexibility index (Phi) is 91.3. The zero-order chi connectivity index (χ0) is 0. The predicted octanol–water partition coefficient (Wildman–Crippen LogP) is -0.158. The van der Waals surface area contributed by atoms with Crippen LogP contribution in [-0.4, -0.2) is 37.7 Å². The van der Waals surface area contributed by atoms with Crippen LogP contribution < -0.4 is 0 Å². The van der Waals surface area contributed by atoms with E-state index in [2.05, 4.69) is 0 Å². The van der Waals surface area contributed by atoms with Gasteiger partial charge in [-0.25, -0.2) is 0 Å². The third kappa shape index (κ3) is 9.86. The second-order valence-corrected chi connectivity index (χ2v) is 0. The van der Waals surface area contributed by atoms with Gasteiger partial charge in [-0.2, -0.15) is 0 Å². The fraction of sp³-hybridized carbons (Fsp3) is 0. The Morgan fingerprint density at radius 3 is 1.25 bits per heavy atom. The molecule has 0 atom stereocenters. The molecule has 4 heteroatoms. The minimum Gasteiger partial charge on any atom is -1.00 e. The smallest absolute Gasteiger partial charge is 1.00 e. The van der Waals surface area contributed by atoms with Crippen molar-refractivity contribution in [2.24, 2.45) is 0 Å². The predicted molar refractivity (Wildman–Crippen MR) is 7.98 cm³/mol. The normalized spacial score (nSPS) is 0. The van der Waals surface area contributed by atoms with E-state index >= 15 is 0 Å². The molecule has 1 radical (unpaired) electrons. The van der Waals surface area contributed by atoms with E-state index in [0.717, 1.165) is 0 Å². The van der Waals surface area contributed by atoms with E-state index in [4.69, 9.17) is 0 Å². The van der Waals surface area contributed by atoms with E-state index in [0.29, 0.717) is 0 Å². The monoisotopic (exact) mass is 411 g/mol. The number of rotatable bonds is 0. The first-order valence-corrected chi connectivity index (χ1v) is 0. The van der Waals surface area contributed by atoms with Crippen LogP contribution in [0.15, 0.2) is 0 Å². The van der Waals surface area contributed by atoms with Gasteiger partial charge in [0.2, 0.25) is 0 Å². The van der Waals surface area contributed by atoms with Gasteiger partial charge in [-0.05, 0) is 0 Å². The Bertz CT molecular complexity index is 13.5. The Balaban J connectivity index is 0. The topological polar surface area (TPSA) is 0 Å². The van der Waals surface area contributed by atoms with Crippen LogP contribution in [0.2, 0.25) is 0 Å². The maximum Gasteiger partial charge on any atom is 2.00 e. The van der Waals surface area contributed by atoms with Gasteiger partial charge in [0.25, 0.3) is 0 Å². The molecule has 0 aliphatic heterocycles. The van der Waals surface area contributed by atoms with E-state index in [1.165, 1.54) is 0 Å². The molecule has 0 N–H and O–H groups in total. The van der Waals surface area contributed by atoms with Gasteiger partial charge < -0.3 is 2.85 Å². The first-order valence-electron chi connectivity index (χ1n) is 0. The second kappa shape index (κ2) is 15.6. The van der Waals surface area contributed by atoms with Gasteiger partial charge in [0.05, 0.1) is 0 Å². The maximum absolute atomic E-state index is 0. The molecule has 0 saturated carbocycles. The quantitative estimate of drug-likeness (QED) is 0.486. The largest absolute Gasteiger partial charge is 2.00 e. The van der Waals surface area contributed by atoms with E-state index in [1.54, 1.807) is 0 Å². The molecule has 0 nitrogen and oxygen atoms in total. The summed E-state index contributed by atoms with van der Waals surface area (Å²) in [5.74, 6) is 0. The molecule has 0 aromatic carbocycles. The van der Waals surface area contributed by atoms with Crippen molar-refractivity contribution >= 4 is 37.7 Å². The maximum atomic E-state index is 0. The summed E-state index contributed by atoms with van der Waals surface area (Å²) < 4.78 is 0. The molecule has 0 saturated heterocycles. The summed E-state index contributed by atoms with van der Waals surface area (Å²) in [7, 11) is 0. The van der Waals surface area contributed by atoms with Gasteiger partial charge in [-0.3, -0.25) is 0 Å². The van der Waals surface area contributed by atoms with Crippen molar-refractivity contribution in [3.05, 3.63) is 0 Å². The van der Waals surface area contributed by atoms with Crippen LogP contribution in [0, 0.1) is 77.3 Å². The summed E-state index contributed by atoms with van der Waals surface area (Å²) in [5.41, 5.74) is 0.